The van der Waals surface area contributed by atoms with Gasteiger partial charge in [0.15, 0.2) is 0 Å². The van der Waals surface area contributed by atoms with Crippen molar-refractivity contribution in [2.75, 3.05) is 31.1 Å². The van der Waals surface area contributed by atoms with E-state index in [0.29, 0.717) is 6.04 Å². The Balaban J connectivity index is 1.39. The van der Waals surface area contributed by atoms with E-state index >= 15 is 0 Å². The molecule has 0 radical (unpaired) electrons. The molecule has 0 N–H and O–H groups in total. The zero-order valence-corrected chi connectivity index (χ0v) is 16.1. The Hall–Kier alpha value is -1.53. The van der Waals surface area contributed by atoms with Crippen LogP contribution >= 0.6 is 11.3 Å². The quantitative estimate of drug-likeness (QED) is 0.806. The molecule has 2 fully saturated rings. The summed E-state index contributed by atoms with van der Waals surface area (Å²) in [6, 6.07) is 7.33. The second-order valence-electron chi connectivity index (χ2n) is 7.47. The van der Waals surface area contributed by atoms with Crippen molar-refractivity contribution in [3.8, 4) is 0 Å². The minimum absolute atomic E-state index is 0.195. The van der Waals surface area contributed by atoms with Crippen molar-refractivity contribution in [1.82, 2.24) is 15.1 Å². The summed E-state index contributed by atoms with van der Waals surface area (Å²) in [5.74, 6) is -0.195. The van der Waals surface area contributed by atoms with Gasteiger partial charge in [0, 0.05) is 25.6 Å². The maximum atomic E-state index is 13.1. The van der Waals surface area contributed by atoms with Gasteiger partial charge in [0.1, 0.15) is 10.8 Å². The molecule has 6 heteroatoms. The number of likely N-dealkylation sites (tertiary alicyclic amines) is 1. The zero-order chi connectivity index (χ0) is 17.8. The Kier molecular flexibility index (Phi) is 5.80. The highest BCUT2D eigenvalue weighted by Crippen LogP contribution is 2.27. The molecular formula is C20H27FN4S. The predicted octanol–water partition coefficient (Wildman–Crippen LogP) is 4.11. The molecule has 0 aliphatic carbocycles. The van der Waals surface area contributed by atoms with Crippen LogP contribution in [-0.4, -0.2) is 47.3 Å². The van der Waals surface area contributed by atoms with Crippen LogP contribution in [-0.2, 0) is 6.42 Å². The monoisotopic (exact) mass is 374 g/mol. The van der Waals surface area contributed by atoms with Crippen LogP contribution in [0.3, 0.4) is 0 Å². The minimum atomic E-state index is -0.195. The van der Waals surface area contributed by atoms with Gasteiger partial charge >= 0.3 is 0 Å². The van der Waals surface area contributed by atoms with Crippen molar-refractivity contribution in [2.24, 2.45) is 0 Å². The number of rotatable bonds is 4. The van der Waals surface area contributed by atoms with Crippen molar-refractivity contribution in [1.29, 1.82) is 0 Å². The summed E-state index contributed by atoms with van der Waals surface area (Å²) < 4.78 is 13.1. The van der Waals surface area contributed by atoms with E-state index in [1.54, 1.807) is 11.3 Å². The highest BCUT2D eigenvalue weighted by atomic mass is 32.1. The van der Waals surface area contributed by atoms with Gasteiger partial charge in [-0.3, -0.25) is 4.90 Å². The van der Waals surface area contributed by atoms with Gasteiger partial charge in [-0.15, -0.1) is 10.2 Å². The van der Waals surface area contributed by atoms with Crippen LogP contribution in [0, 0.1) is 5.82 Å². The van der Waals surface area contributed by atoms with Crippen molar-refractivity contribution in [3.05, 3.63) is 40.7 Å². The number of benzene rings is 1. The Bertz CT molecular complexity index is 694. The molecule has 0 amide bonds. The minimum Gasteiger partial charge on any atom is -0.345 e. The van der Waals surface area contributed by atoms with E-state index in [4.69, 9.17) is 0 Å². The number of hydrogen-bond donors (Lipinski definition) is 0. The smallest absolute Gasteiger partial charge is 0.208 e. The second-order valence-corrected chi connectivity index (χ2v) is 8.51. The summed E-state index contributed by atoms with van der Waals surface area (Å²) in [6.45, 7) is 4.66. The van der Waals surface area contributed by atoms with Crippen molar-refractivity contribution in [2.45, 2.75) is 51.0 Å². The standard InChI is InChI=1S/C20H27FN4S/c21-17-9-7-16(8-10-17)14-19-22-23-20(26-19)25-13-5-6-18(15-25)24-11-3-1-2-4-12-24/h7-10,18H,1-6,11-15H2. The Morgan fingerprint density at radius 2 is 1.73 bits per heavy atom. The third kappa shape index (κ3) is 4.41. The van der Waals surface area contributed by atoms with Crippen LogP contribution in [0.4, 0.5) is 9.52 Å². The lowest BCUT2D eigenvalue weighted by Gasteiger charge is -2.38. The van der Waals surface area contributed by atoms with Crippen molar-refractivity contribution >= 4 is 16.5 Å². The summed E-state index contributed by atoms with van der Waals surface area (Å²) in [5.41, 5.74) is 1.08. The Morgan fingerprint density at radius 1 is 0.962 bits per heavy atom. The molecule has 26 heavy (non-hydrogen) atoms. The highest BCUT2D eigenvalue weighted by Gasteiger charge is 2.27. The van der Waals surface area contributed by atoms with E-state index in [-0.39, 0.29) is 5.82 Å². The van der Waals surface area contributed by atoms with E-state index in [2.05, 4.69) is 20.0 Å². The largest absolute Gasteiger partial charge is 0.345 e. The van der Waals surface area contributed by atoms with Gasteiger partial charge in [0.2, 0.25) is 5.13 Å². The maximum Gasteiger partial charge on any atom is 0.208 e. The molecule has 0 bridgehead atoms. The molecule has 2 aliphatic heterocycles. The molecule has 3 heterocycles. The van der Waals surface area contributed by atoms with Crippen LogP contribution in [0.5, 0.6) is 0 Å². The first-order valence-electron chi connectivity index (χ1n) is 9.84. The molecule has 1 aromatic carbocycles. The average Bonchev–Trinajstić information content (AvgIpc) is 2.96. The lowest BCUT2D eigenvalue weighted by Crippen LogP contribution is -2.48. The van der Waals surface area contributed by atoms with Gasteiger partial charge in [-0.2, -0.15) is 0 Å². The molecule has 2 aromatic rings. The molecule has 0 saturated carbocycles. The van der Waals surface area contributed by atoms with Gasteiger partial charge in [0.25, 0.3) is 0 Å². The lowest BCUT2D eigenvalue weighted by atomic mass is 10.0. The van der Waals surface area contributed by atoms with Crippen molar-refractivity contribution < 1.29 is 4.39 Å². The van der Waals surface area contributed by atoms with Crippen LogP contribution in [0.1, 0.15) is 49.1 Å². The lowest BCUT2D eigenvalue weighted by molar-refractivity contribution is 0.182. The molecule has 0 spiro atoms. The normalized spacial score (nSPS) is 22.3. The third-order valence-electron chi connectivity index (χ3n) is 5.55. The maximum absolute atomic E-state index is 13.1. The molecule has 2 aliphatic rings. The molecule has 1 atom stereocenters. The summed E-state index contributed by atoms with van der Waals surface area (Å²) in [6.07, 6.45) is 8.72. The molecule has 140 valence electrons. The third-order valence-corrected chi connectivity index (χ3v) is 6.53. The van der Waals surface area contributed by atoms with Gasteiger partial charge < -0.3 is 4.90 Å². The summed E-state index contributed by atoms with van der Waals surface area (Å²) in [4.78, 5) is 5.13. The van der Waals surface area contributed by atoms with E-state index in [9.17, 15) is 4.39 Å². The fourth-order valence-corrected chi connectivity index (χ4v) is 5.02. The van der Waals surface area contributed by atoms with Crippen LogP contribution < -0.4 is 4.90 Å². The van der Waals surface area contributed by atoms with Crippen LogP contribution in [0.25, 0.3) is 0 Å². The first-order valence-corrected chi connectivity index (χ1v) is 10.7. The Morgan fingerprint density at radius 3 is 2.50 bits per heavy atom. The number of anilines is 1. The Labute approximate surface area is 159 Å². The van der Waals surface area contributed by atoms with Gasteiger partial charge in [0.05, 0.1) is 0 Å². The van der Waals surface area contributed by atoms with Crippen LogP contribution in [0.15, 0.2) is 24.3 Å². The fraction of sp³-hybridized carbons (Fsp3) is 0.600. The molecule has 1 unspecified atom stereocenters. The molecule has 4 nitrogen and oxygen atoms in total. The van der Waals surface area contributed by atoms with Gasteiger partial charge in [-0.05, 0) is 56.5 Å². The zero-order valence-electron chi connectivity index (χ0n) is 15.2. The van der Waals surface area contributed by atoms with E-state index < -0.39 is 0 Å². The summed E-state index contributed by atoms with van der Waals surface area (Å²) in [7, 11) is 0. The van der Waals surface area contributed by atoms with E-state index in [1.807, 2.05) is 12.1 Å². The fourth-order valence-electron chi connectivity index (χ4n) is 4.11. The number of hydrogen-bond acceptors (Lipinski definition) is 5. The second kappa shape index (κ2) is 8.44. The van der Waals surface area contributed by atoms with Gasteiger partial charge in [-0.1, -0.05) is 36.3 Å². The number of nitrogens with zero attached hydrogens (tertiary/aromatic N) is 4. The number of halogens is 1. The van der Waals surface area contributed by atoms with Crippen LogP contribution in [0.2, 0.25) is 0 Å². The number of aromatic nitrogens is 2. The van der Waals surface area contributed by atoms with E-state index in [0.717, 1.165) is 35.2 Å². The van der Waals surface area contributed by atoms with E-state index in [1.165, 1.54) is 63.7 Å². The number of piperidine rings is 1. The molecule has 4 rings (SSSR count). The molecule has 2 saturated heterocycles. The summed E-state index contributed by atoms with van der Waals surface area (Å²) in [5, 5.41) is 10.9. The summed E-state index contributed by atoms with van der Waals surface area (Å²) >= 11 is 1.68. The van der Waals surface area contributed by atoms with Gasteiger partial charge in [-0.25, -0.2) is 4.39 Å². The predicted molar refractivity (Wildman–Crippen MR) is 104 cm³/mol. The molecular weight excluding hydrogens is 347 g/mol. The van der Waals surface area contributed by atoms with Crippen molar-refractivity contribution in [3.63, 3.8) is 0 Å². The first kappa shape index (κ1) is 17.9. The average molecular weight is 375 g/mol. The first-order chi connectivity index (χ1) is 12.8. The molecule has 1 aromatic heterocycles. The highest BCUT2D eigenvalue weighted by molar-refractivity contribution is 7.15. The SMILES string of the molecule is Fc1ccc(Cc2nnc(N3CCCC(N4CCCCCC4)C3)s2)cc1. The topological polar surface area (TPSA) is 32.3 Å².